The lowest BCUT2D eigenvalue weighted by Crippen LogP contribution is -2.00. The third kappa shape index (κ3) is 4.67. The Bertz CT molecular complexity index is 2050. The molecule has 1 aliphatic carbocycles. The molecule has 7 aromatic rings. The van der Waals surface area contributed by atoms with Crippen molar-refractivity contribution in [3.05, 3.63) is 151 Å². The van der Waals surface area contributed by atoms with Crippen LogP contribution in [0.5, 0.6) is 0 Å². The van der Waals surface area contributed by atoms with Crippen molar-refractivity contribution in [2.75, 3.05) is 0 Å². The van der Waals surface area contributed by atoms with Gasteiger partial charge in [0, 0.05) is 47.3 Å². The zero-order chi connectivity index (χ0) is 28.6. The van der Waals surface area contributed by atoms with E-state index in [0.29, 0.717) is 17.5 Å². The maximum Gasteiger partial charge on any atom is 0.164 e. The van der Waals surface area contributed by atoms with Gasteiger partial charge >= 0.3 is 0 Å². The average Bonchev–Trinajstić information content (AvgIpc) is 3.48. The summed E-state index contributed by atoms with van der Waals surface area (Å²) in [6.07, 6.45) is 6.58. The van der Waals surface area contributed by atoms with Crippen LogP contribution in [0.4, 0.5) is 0 Å². The van der Waals surface area contributed by atoms with Gasteiger partial charge in [0.15, 0.2) is 17.5 Å². The molecule has 43 heavy (non-hydrogen) atoms. The molecule has 202 valence electrons. The molecule has 0 fully saturated rings. The van der Waals surface area contributed by atoms with Crippen molar-refractivity contribution in [2.45, 2.75) is 6.42 Å². The molecule has 0 amide bonds. The summed E-state index contributed by atoms with van der Waals surface area (Å²) in [6, 6.07) is 41.3. The number of nitrogens with zero attached hydrogens (tertiary/aromatic N) is 5. The first kappa shape index (κ1) is 24.9. The highest BCUT2D eigenvalue weighted by atomic mass is 15.0. The highest BCUT2D eigenvalue weighted by molar-refractivity contribution is 5.84. The molecule has 5 nitrogen and oxygen atoms in total. The molecule has 3 heterocycles. The molecule has 0 N–H and O–H groups in total. The Balaban J connectivity index is 1.20. The monoisotopic (exact) mass is 551 g/mol. The summed E-state index contributed by atoms with van der Waals surface area (Å²) in [7, 11) is 0. The molecule has 0 aliphatic heterocycles. The van der Waals surface area contributed by atoms with E-state index in [1.54, 1.807) is 0 Å². The van der Waals surface area contributed by atoms with E-state index >= 15 is 0 Å². The summed E-state index contributed by atoms with van der Waals surface area (Å²) >= 11 is 0. The van der Waals surface area contributed by atoms with Gasteiger partial charge in [-0.25, -0.2) is 15.0 Å². The quantitative estimate of drug-likeness (QED) is 0.214. The number of hydrogen-bond donors (Lipinski definition) is 0. The summed E-state index contributed by atoms with van der Waals surface area (Å²) in [4.78, 5) is 23.9. The van der Waals surface area contributed by atoms with E-state index in [-0.39, 0.29) is 0 Å². The SMILES string of the molecule is c1ccc(-c2nc(-c3ccccc3)nc(-c3cccc(-c4cccc(-c5nccc6c5Cc5cnccc5-6)c4)c3)n2)cc1. The molecule has 0 spiro atoms. The summed E-state index contributed by atoms with van der Waals surface area (Å²) in [5, 5.41) is 0. The molecular weight excluding hydrogens is 526 g/mol. The van der Waals surface area contributed by atoms with Gasteiger partial charge in [-0.15, -0.1) is 0 Å². The molecular formula is C38H25N5. The van der Waals surface area contributed by atoms with Gasteiger partial charge in [0.2, 0.25) is 0 Å². The Hall–Kier alpha value is -5.81. The number of hydrogen-bond acceptors (Lipinski definition) is 5. The smallest absolute Gasteiger partial charge is 0.164 e. The predicted octanol–water partition coefficient (Wildman–Crippen LogP) is 8.57. The van der Waals surface area contributed by atoms with E-state index < -0.39 is 0 Å². The van der Waals surface area contributed by atoms with Crippen LogP contribution in [0.2, 0.25) is 0 Å². The fourth-order valence-electron chi connectivity index (χ4n) is 5.82. The van der Waals surface area contributed by atoms with Crippen molar-refractivity contribution < 1.29 is 0 Å². The second kappa shape index (κ2) is 10.5. The summed E-state index contributed by atoms with van der Waals surface area (Å²) in [5.41, 5.74) is 12.1. The van der Waals surface area contributed by atoms with Gasteiger partial charge in [-0.05, 0) is 57.6 Å². The minimum Gasteiger partial charge on any atom is -0.264 e. The molecule has 4 aromatic carbocycles. The van der Waals surface area contributed by atoms with Crippen molar-refractivity contribution in [1.29, 1.82) is 0 Å². The van der Waals surface area contributed by atoms with Crippen LogP contribution >= 0.6 is 0 Å². The van der Waals surface area contributed by atoms with Crippen LogP contribution in [-0.2, 0) is 6.42 Å². The molecule has 0 bridgehead atoms. The maximum atomic E-state index is 4.92. The Morgan fingerprint density at radius 3 is 1.65 bits per heavy atom. The van der Waals surface area contributed by atoms with Crippen LogP contribution in [0.1, 0.15) is 11.1 Å². The van der Waals surface area contributed by atoms with Crippen molar-refractivity contribution in [2.24, 2.45) is 0 Å². The van der Waals surface area contributed by atoms with E-state index in [1.165, 1.54) is 22.3 Å². The van der Waals surface area contributed by atoms with E-state index in [4.69, 9.17) is 19.9 Å². The first-order chi connectivity index (χ1) is 21.3. The molecule has 5 heteroatoms. The molecule has 3 aromatic heterocycles. The van der Waals surface area contributed by atoms with Crippen LogP contribution in [0.25, 0.3) is 67.7 Å². The predicted molar refractivity (Wildman–Crippen MR) is 171 cm³/mol. The number of aromatic nitrogens is 5. The van der Waals surface area contributed by atoms with Crippen LogP contribution in [0.3, 0.4) is 0 Å². The number of fused-ring (bicyclic) bond motifs is 3. The molecule has 0 unspecified atom stereocenters. The van der Waals surface area contributed by atoms with Crippen molar-refractivity contribution in [1.82, 2.24) is 24.9 Å². The lowest BCUT2D eigenvalue weighted by atomic mass is 9.97. The number of rotatable bonds is 5. The standard InChI is InChI=1S/C38H25N5/c1-3-9-25(10-4-1)36-41-37(26-11-5-2-6-12-26)43-38(42-36)30-16-8-14-28(22-30)27-13-7-15-29(21-27)35-34-23-31-24-39-19-17-32(31)33(34)18-20-40-35/h1-22,24H,23H2. The van der Waals surface area contributed by atoms with Gasteiger partial charge in [0.1, 0.15) is 0 Å². The van der Waals surface area contributed by atoms with Gasteiger partial charge in [0.05, 0.1) is 5.69 Å². The summed E-state index contributed by atoms with van der Waals surface area (Å²) < 4.78 is 0. The van der Waals surface area contributed by atoms with Gasteiger partial charge in [-0.1, -0.05) is 97.1 Å². The first-order valence-corrected chi connectivity index (χ1v) is 14.3. The molecule has 0 saturated heterocycles. The molecule has 0 saturated carbocycles. The Morgan fingerprint density at radius 2 is 0.977 bits per heavy atom. The van der Waals surface area contributed by atoms with Crippen LogP contribution in [0.15, 0.2) is 140 Å². The van der Waals surface area contributed by atoms with Gasteiger partial charge in [0.25, 0.3) is 0 Å². The lowest BCUT2D eigenvalue weighted by molar-refractivity contribution is 1.07. The van der Waals surface area contributed by atoms with E-state index in [2.05, 4.69) is 65.6 Å². The van der Waals surface area contributed by atoms with Crippen molar-refractivity contribution in [3.8, 4) is 67.7 Å². The second-order valence-electron chi connectivity index (χ2n) is 10.6. The van der Waals surface area contributed by atoms with Gasteiger partial charge < -0.3 is 0 Å². The average molecular weight is 552 g/mol. The van der Waals surface area contributed by atoms with Gasteiger partial charge in [-0.3, -0.25) is 9.97 Å². The fraction of sp³-hybridized carbons (Fsp3) is 0.0263. The third-order valence-electron chi connectivity index (χ3n) is 7.91. The van der Waals surface area contributed by atoms with Crippen molar-refractivity contribution >= 4 is 0 Å². The summed E-state index contributed by atoms with van der Waals surface area (Å²) in [6.45, 7) is 0. The second-order valence-corrected chi connectivity index (χ2v) is 10.6. The largest absolute Gasteiger partial charge is 0.264 e. The van der Waals surface area contributed by atoms with E-state index in [1.807, 2.05) is 79.3 Å². The normalized spacial score (nSPS) is 11.6. The lowest BCUT2D eigenvalue weighted by Gasteiger charge is -2.11. The number of benzene rings is 4. The highest BCUT2D eigenvalue weighted by Gasteiger charge is 2.22. The number of pyridine rings is 2. The van der Waals surface area contributed by atoms with E-state index in [0.717, 1.165) is 45.5 Å². The highest BCUT2D eigenvalue weighted by Crippen LogP contribution is 2.40. The zero-order valence-electron chi connectivity index (χ0n) is 23.2. The molecule has 1 aliphatic rings. The van der Waals surface area contributed by atoms with Crippen LogP contribution in [0, 0.1) is 0 Å². The van der Waals surface area contributed by atoms with Crippen LogP contribution in [-0.4, -0.2) is 24.9 Å². The molecule has 0 atom stereocenters. The van der Waals surface area contributed by atoms with Gasteiger partial charge in [-0.2, -0.15) is 0 Å². The Labute approximate surface area is 249 Å². The topological polar surface area (TPSA) is 64.5 Å². The Kier molecular flexibility index (Phi) is 6.12. The van der Waals surface area contributed by atoms with Crippen LogP contribution < -0.4 is 0 Å². The van der Waals surface area contributed by atoms with E-state index in [9.17, 15) is 0 Å². The third-order valence-corrected chi connectivity index (χ3v) is 7.91. The Morgan fingerprint density at radius 1 is 0.442 bits per heavy atom. The molecule has 0 radical (unpaired) electrons. The maximum absolute atomic E-state index is 4.92. The zero-order valence-corrected chi connectivity index (χ0v) is 23.2. The summed E-state index contributed by atoms with van der Waals surface area (Å²) in [5.74, 6) is 1.94. The first-order valence-electron chi connectivity index (χ1n) is 14.3. The molecule has 8 rings (SSSR count). The minimum absolute atomic E-state index is 0.639. The minimum atomic E-state index is 0.639. The fourth-order valence-corrected chi connectivity index (χ4v) is 5.82. The van der Waals surface area contributed by atoms with Crippen molar-refractivity contribution in [3.63, 3.8) is 0 Å².